The second-order valence-electron chi connectivity index (χ2n) is 5.23. The molecule has 2 aromatic carbocycles. The van der Waals surface area contributed by atoms with Crippen molar-refractivity contribution in [2.45, 2.75) is 16.2 Å². The molecular formula is C16H17NO5S2. The third-order valence-corrected chi connectivity index (χ3v) is 6.09. The van der Waals surface area contributed by atoms with Crippen LogP contribution < -0.4 is 5.32 Å². The molecule has 0 unspecified atom stereocenters. The normalized spacial score (nSPS) is 11.9. The van der Waals surface area contributed by atoms with E-state index in [2.05, 4.69) is 5.32 Å². The number of nitrogens with one attached hydrogen (secondary N) is 1. The van der Waals surface area contributed by atoms with Crippen molar-refractivity contribution in [3.8, 4) is 0 Å². The molecule has 0 saturated carbocycles. The van der Waals surface area contributed by atoms with E-state index in [9.17, 15) is 21.6 Å². The highest BCUT2D eigenvalue weighted by Gasteiger charge is 2.16. The van der Waals surface area contributed by atoms with Crippen molar-refractivity contribution in [3.63, 3.8) is 0 Å². The minimum atomic E-state index is -3.54. The van der Waals surface area contributed by atoms with E-state index in [1.54, 1.807) is 18.2 Å². The average Bonchev–Trinajstić information content (AvgIpc) is 2.53. The van der Waals surface area contributed by atoms with Crippen LogP contribution in [0.25, 0.3) is 0 Å². The van der Waals surface area contributed by atoms with Gasteiger partial charge in [0.2, 0.25) is 5.91 Å². The molecule has 2 aromatic rings. The lowest BCUT2D eigenvalue weighted by Crippen LogP contribution is -2.17. The van der Waals surface area contributed by atoms with Gasteiger partial charge < -0.3 is 5.32 Å². The van der Waals surface area contributed by atoms with Gasteiger partial charge in [0.15, 0.2) is 19.7 Å². The van der Waals surface area contributed by atoms with Gasteiger partial charge in [-0.15, -0.1) is 0 Å². The SMILES string of the molecule is CS(=O)(=O)c1cccc(NC(=O)CCS(=O)(=O)c2ccccc2)c1. The Morgan fingerprint density at radius 1 is 0.917 bits per heavy atom. The van der Waals surface area contributed by atoms with Gasteiger partial charge in [-0.1, -0.05) is 24.3 Å². The van der Waals surface area contributed by atoms with Crippen molar-refractivity contribution in [1.29, 1.82) is 0 Å². The van der Waals surface area contributed by atoms with E-state index in [1.807, 2.05) is 0 Å². The minimum absolute atomic E-state index is 0.0807. The lowest BCUT2D eigenvalue weighted by Gasteiger charge is -2.07. The molecule has 0 bridgehead atoms. The Balaban J connectivity index is 2.02. The highest BCUT2D eigenvalue weighted by atomic mass is 32.2. The summed E-state index contributed by atoms with van der Waals surface area (Å²) in [4.78, 5) is 12.2. The summed E-state index contributed by atoms with van der Waals surface area (Å²) in [5.74, 6) is -0.825. The van der Waals surface area contributed by atoms with E-state index >= 15 is 0 Å². The Morgan fingerprint density at radius 2 is 1.54 bits per heavy atom. The molecule has 0 aliphatic rings. The minimum Gasteiger partial charge on any atom is -0.326 e. The van der Waals surface area contributed by atoms with Gasteiger partial charge >= 0.3 is 0 Å². The van der Waals surface area contributed by atoms with Gasteiger partial charge in [-0.3, -0.25) is 4.79 Å². The molecule has 1 N–H and O–H groups in total. The van der Waals surface area contributed by atoms with Crippen molar-refractivity contribution in [2.75, 3.05) is 17.3 Å². The summed E-state index contributed by atoms with van der Waals surface area (Å²) in [6.07, 6.45) is 0.848. The summed E-state index contributed by atoms with van der Waals surface area (Å²) in [6.45, 7) is 0. The second-order valence-corrected chi connectivity index (χ2v) is 9.35. The smallest absolute Gasteiger partial charge is 0.225 e. The van der Waals surface area contributed by atoms with Gasteiger partial charge in [0.05, 0.1) is 15.5 Å². The molecule has 6 nitrogen and oxygen atoms in total. The fourth-order valence-corrected chi connectivity index (χ4v) is 3.93. The predicted molar refractivity (Wildman–Crippen MR) is 91.3 cm³/mol. The Hall–Kier alpha value is -2.19. The van der Waals surface area contributed by atoms with Crippen LogP contribution in [0.4, 0.5) is 5.69 Å². The first-order valence-electron chi connectivity index (χ1n) is 7.06. The summed E-state index contributed by atoms with van der Waals surface area (Å²) < 4.78 is 47.2. The summed E-state index contributed by atoms with van der Waals surface area (Å²) >= 11 is 0. The first-order chi connectivity index (χ1) is 11.2. The average molecular weight is 367 g/mol. The number of carbonyl (C=O) groups is 1. The molecule has 0 aliphatic heterocycles. The highest BCUT2D eigenvalue weighted by Crippen LogP contribution is 2.16. The largest absolute Gasteiger partial charge is 0.326 e. The van der Waals surface area contributed by atoms with E-state index in [4.69, 9.17) is 0 Å². The zero-order valence-corrected chi connectivity index (χ0v) is 14.6. The molecule has 0 saturated heterocycles. The fraction of sp³-hybridized carbons (Fsp3) is 0.188. The van der Waals surface area contributed by atoms with Crippen LogP contribution in [0.5, 0.6) is 0 Å². The molecule has 2 rings (SSSR count). The standard InChI is InChI=1S/C16H17NO5S2/c1-23(19,20)15-9-5-6-13(12-15)17-16(18)10-11-24(21,22)14-7-3-2-4-8-14/h2-9,12H,10-11H2,1H3,(H,17,18). The molecule has 0 aliphatic carbocycles. The quantitative estimate of drug-likeness (QED) is 0.841. The lowest BCUT2D eigenvalue weighted by molar-refractivity contribution is -0.115. The number of hydrogen-bond donors (Lipinski definition) is 1. The molecule has 0 spiro atoms. The first-order valence-corrected chi connectivity index (χ1v) is 10.6. The van der Waals surface area contributed by atoms with Gasteiger partial charge in [-0.25, -0.2) is 16.8 Å². The van der Waals surface area contributed by atoms with E-state index in [0.29, 0.717) is 5.69 Å². The third kappa shape index (κ3) is 4.90. The van der Waals surface area contributed by atoms with E-state index in [1.165, 1.54) is 36.4 Å². The maximum atomic E-state index is 12.1. The zero-order chi connectivity index (χ0) is 17.8. The van der Waals surface area contributed by atoms with E-state index < -0.39 is 25.6 Å². The molecule has 0 radical (unpaired) electrons. The van der Waals surface area contributed by atoms with Gasteiger partial charge in [0.25, 0.3) is 0 Å². The molecule has 128 valence electrons. The summed E-state index contributed by atoms with van der Waals surface area (Å²) in [5, 5.41) is 2.51. The Labute approximate surface area is 141 Å². The van der Waals surface area contributed by atoms with Gasteiger partial charge in [-0.2, -0.15) is 0 Å². The molecule has 24 heavy (non-hydrogen) atoms. The van der Waals surface area contributed by atoms with Gasteiger partial charge in [0.1, 0.15) is 0 Å². The van der Waals surface area contributed by atoms with Crippen LogP contribution in [0.2, 0.25) is 0 Å². The molecule has 1 amide bonds. The van der Waals surface area contributed by atoms with Crippen LogP contribution in [0.15, 0.2) is 64.4 Å². The lowest BCUT2D eigenvalue weighted by atomic mass is 10.3. The third-order valence-electron chi connectivity index (χ3n) is 3.25. The maximum Gasteiger partial charge on any atom is 0.225 e. The Kier molecular flexibility index (Phi) is 5.40. The number of hydrogen-bond acceptors (Lipinski definition) is 5. The molecule has 0 fully saturated rings. The summed E-state index contributed by atoms with van der Waals surface area (Å²) in [6, 6.07) is 13.7. The van der Waals surface area contributed by atoms with Crippen molar-refractivity contribution >= 4 is 31.3 Å². The number of anilines is 1. The van der Waals surface area contributed by atoms with Gasteiger partial charge in [0, 0.05) is 18.4 Å². The number of carbonyl (C=O) groups excluding carboxylic acids is 1. The summed E-state index contributed by atoms with van der Waals surface area (Å²) in [5.41, 5.74) is 0.306. The van der Waals surface area contributed by atoms with Gasteiger partial charge in [-0.05, 0) is 30.3 Å². The number of rotatable bonds is 6. The van der Waals surface area contributed by atoms with Crippen LogP contribution in [0, 0.1) is 0 Å². The molecule has 0 atom stereocenters. The van der Waals surface area contributed by atoms with Crippen LogP contribution in [-0.4, -0.2) is 34.8 Å². The van der Waals surface area contributed by atoms with Crippen LogP contribution >= 0.6 is 0 Å². The van der Waals surface area contributed by atoms with Crippen molar-refractivity contribution < 1.29 is 21.6 Å². The number of sulfone groups is 2. The number of amides is 1. The monoisotopic (exact) mass is 367 g/mol. The van der Waals surface area contributed by atoms with E-state index in [0.717, 1.165) is 6.26 Å². The second kappa shape index (κ2) is 7.14. The topological polar surface area (TPSA) is 97.4 Å². The predicted octanol–water partition coefficient (Wildman–Crippen LogP) is 1.89. The van der Waals surface area contributed by atoms with Crippen LogP contribution in [0.3, 0.4) is 0 Å². The maximum absolute atomic E-state index is 12.1. The molecular weight excluding hydrogens is 350 g/mol. The zero-order valence-electron chi connectivity index (χ0n) is 13.0. The fourth-order valence-electron chi connectivity index (χ4n) is 2.00. The van der Waals surface area contributed by atoms with E-state index in [-0.39, 0.29) is 22.0 Å². The Bertz CT molecular complexity index is 935. The Morgan fingerprint density at radius 3 is 2.17 bits per heavy atom. The van der Waals surface area contributed by atoms with Crippen molar-refractivity contribution in [3.05, 3.63) is 54.6 Å². The summed E-state index contributed by atoms with van der Waals surface area (Å²) in [7, 11) is -6.92. The van der Waals surface area contributed by atoms with Crippen LogP contribution in [0.1, 0.15) is 6.42 Å². The van der Waals surface area contributed by atoms with Crippen molar-refractivity contribution in [1.82, 2.24) is 0 Å². The molecule has 8 heteroatoms. The highest BCUT2D eigenvalue weighted by molar-refractivity contribution is 7.91. The van der Waals surface area contributed by atoms with Crippen molar-refractivity contribution in [2.24, 2.45) is 0 Å². The van der Waals surface area contributed by atoms with Crippen LogP contribution in [-0.2, 0) is 24.5 Å². The first kappa shape index (κ1) is 18.2. The molecule has 0 heterocycles. The molecule has 0 aromatic heterocycles. The number of benzene rings is 2.